The SMILES string of the molecule is CCc1nn(C)cc1C(CN)N(C)c1cc(C)cc(C)c1. The van der Waals surface area contributed by atoms with Gasteiger partial charge in [-0.2, -0.15) is 5.10 Å². The van der Waals surface area contributed by atoms with Crippen LogP contribution in [0.15, 0.2) is 24.4 Å². The molecule has 0 saturated heterocycles. The van der Waals surface area contributed by atoms with E-state index >= 15 is 0 Å². The fraction of sp³-hybridized carbons (Fsp3) is 0.471. The predicted octanol–water partition coefficient (Wildman–Crippen LogP) is 2.74. The summed E-state index contributed by atoms with van der Waals surface area (Å²) in [6.07, 6.45) is 3.02. The van der Waals surface area contributed by atoms with Gasteiger partial charge in [-0.25, -0.2) is 0 Å². The lowest BCUT2D eigenvalue weighted by Crippen LogP contribution is -2.31. The van der Waals surface area contributed by atoms with E-state index in [1.165, 1.54) is 22.4 Å². The number of rotatable bonds is 5. The number of nitrogens with two attached hydrogens (primary N) is 1. The lowest BCUT2D eigenvalue weighted by molar-refractivity contribution is 0.672. The van der Waals surface area contributed by atoms with E-state index in [2.05, 4.69) is 62.2 Å². The van der Waals surface area contributed by atoms with Crippen LogP contribution in [0.2, 0.25) is 0 Å². The second-order valence-corrected chi connectivity index (χ2v) is 5.77. The van der Waals surface area contributed by atoms with Gasteiger partial charge in [0.15, 0.2) is 0 Å². The zero-order chi connectivity index (χ0) is 15.6. The first-order chi connectivity index (χ1) is 9.96. The summed E-state index contributed by atoms with van der Waals surface area (Å²) in [5.74, 6) is 0. The summed E-state index contributed by atoms with van der Waals surface area (Å²) in [6.45, 7) is 6.96. The number of likely N-dealkylation sites (N-methyl/N-ethyl adjacent to an activating group) is 1. The molecule has 1 atom stereocenters. The first-order valence-corrected chi connectivity index (χ1v) is 7.49. The van der Waals surface area contributed by atoms with Crippen molar-refractivity contribution in [3.63, 3.8) is 0 Å². The standard InChI is InChI=1S/C17H26N4/c1-6-16-15(11-20(4)19-16)17(10-18)21(5)14-8-12(2)7-13(3)9-14/h7-9,11,17H,6,10,18H2,1-5H3. The molecule has 0 aliphatic rings. The molecular formula is C17H26N4. The Bertz CT molecular complexity index is 595. The topological polar surface area (TPSA) is 47.1 Å². The summed E-state index contributed by atoms with van der Waals surface area (Å²) in [6, 6.07) is 6.75. The van der Waals surface area contributed by atoms with E-state index in [1.807, 2.05) is 11.7 Å². The maximum atomic E-state index is 6.07. The van der Waals surface area contributed by atoms with Crippen molar-refractivity contribution in [2.75, 3.05) is 18.5 Å². The number of benzene rings is 1. The molecule has 21 heavy (non-hydrogen) atoms. The summed E-state index contributed by atoms with van der Waals surface area (Å²) in [5.41, 5.74) is 12.2. The first-order valence-electron chi connectivity index (χ1n) is 7.49. The number of hydrogen-bond acceptors (Lipinski definition) is 3. The van der Waals surface area contributed by atoms with Crippen molar-refractivity contribution < 1.29 is 0 Å². The molecule has 2 rings (SSSR count). The van der Waals surface area contributed by atoms with E-state index in [4.69, 9.17) is 5.73 Å². The number of nitrogens with zero attached hydrogens (tertiary/aromatic N) is 3. The molecule has 1 aromatic heterocycles. The third-order valence-corrected chi connectivity index (χ3v) is 3.94. The molecule has 1 unspecified atom stereocenters. The van der Waals surface area contributed by atoms with Crippen molar-refractivity contribution in [3.8, 4) is 0 Å². The van der Waals surface area contributed by atoms with Crippen LogP contribution in [0.1, 0.15) is 35.3 Å². The summed E-state index contributed by atoms with van der Waals surface area (Å²) in [4.78, 5) is 2.26. The van der Waals surface area contributed by atoms with E-state index in [1.54, 1.807) is 0 Å². The number of hydrogen-bond donors (Lipinski definition) is 1. The van der Waals surface area contributed by atoms with Gasteiger partial charge < -0.3 is 10.6 Å². The Labute approximate surface area is 127 Å². The van der Waals surface area contributed by atoms with E-state index in [0.29, 0.717) is 6.54 Å². The molecule has 0 amide bonds. The molecule has 0 spiro atoms. The molecule has 2 N–H and O–H groups in total. The van der Waals surface area contributed by atoms with Gasteiger partial charge in [0.05, 0.1) is 11.7 Å². The third kappa shape index (κ3) is 3.27. The highest BCUT2D eigenvalue weighted by Gasteiger charge is 2.21. The minimum atomic E-state index is 0.148. The van der Waals surface area contributed by atoms with Gasteiger partial charge in [-0.1, -0.05) is 13.0 Å². The summed E-state index contributed by atoms with van der Waals surface area (Å²) >= 11 is 0. The van der Waals surface area contributed by atoms with Gasteiger partial charge in [0.25, 0.3) is 0 Å². The van der Waals surface area contributed by atoms with Gasteiger partial charge in [-0.15, -0.1) is 0 Å². The molecular weight excluding hydrogens is 260 g/mol. The second-order valence-electron chi connectivity index (χ2n) is 5.77. The Morgan fingerprint density at radius 3 is 2.38 bits per heavy atom. The number of anilines is 1. The van der Waals surface area contributed by atoms with Crippen LogP contribution in [0.4, 0.5) is 5.69 Å². The van der Waals surface area contributed by atoms with Gasteiger partial charge in [0.2, 0.25) is 0 Å². The van der Waals surface area contributed by atoms with Gasteiger partial charge in [0.1, 0.15) is 0 Å². The van der Waals surface area contributed by atoms with Gasteiger partial charge in [-0.05, 0) is 43.5 Å². The molecule has 0 aliphatic carbocycles. The second kappa shape index (κ2) is 6.31. The molecule has 4 nitrogen and oxygen atoms in total. The van der Waals surface area contributed by atoms with Crippen molar-refractivity contribution in [2.24, 2.45) is 12.8 Å². The fourth-order valence-corrected chi connectivity index (χ4v) is 2.93. The van der Waals surface area contributed by atoms with Crippen molar-refractivity contribution in [2.45, 2.75) is 33.2 Å². The molecule has 0 radical (unpaired) electrons. The molecule has 0 bridgehead atoms. The van der Waals surface area contributed by atoms with Crippen LogP contribution in [0.25, 0.3) is 0 Å². The largest absolute Gasteiger partial charge is 0.366 e. The van der Waals surface area contributed by atoms with Crippen LogP contribution in [0, 0.1) is 13.8 Å². The highest BCUT2D eigenvalue weighted by Crippen LogP contribution is 2.28. The Balaban J connectivity index is 2.40. The predicted molar refractivity (Wildman–Crippen MR) is 88.7 cm³/mol. The quantitative estimate of drug-likeness (QED) is 0.919. The summed E-state index contributed by atoms with van der Waals surface area (Å²) in [5, 5.41) is 4.54. The zero-order valence-corrected chi connectivity index (χ0v) is 13.7. The molecule has 2 aromatic rings. The van der Waals surface area contributed by atoms with Gasteiger partial charge >= 0.3 is 0 Å². The van der Waals surface area contributed by atoms with Crippen LogP contribution in [-0.2, 0) is 13.5 Å². The third-order valence-electron chi connectivity index (χ3n) is 3.94. The van der Waals surface area contributed by atoms with E-state index in [9.17, 15) is 0 Å². The molecule has 4 heteroatoms. The maximum Gasteiger partial charge on any atom is 0.0695 e. The minimum Gasteiger partial charge on any atom is -0.366 e. The summed E-state index contributed by atoms with van der Waals surface area (Å²) < 4.78 is 1.88. The average Bonchev–Trinajstić information content (AvgIpc) is 2.79. The van der Waals surface area contributed by atoms with Crippen molar-refractivity contribution in [3.05, 3.63) is 46.8 Å². The van der Waals surface area contributed by atoms with Crippen molar-refractivity contribution >= 4 is 5.69 Å². The minimum absolute atomic E-state index is 0.148. The lowest BCUT2D eigenvalue weighted by Gasteiger charge is -2.29. The Morgan fingerprint density at radius 2 is 1.86 bits per heavy atom. The van der Waals surface area contributed by atoms with Crippen LogP contribution in [-0.4, -0.2) is 23.4 Å². The van der Waals surface area contributed by atoms with Gasteiger partial charge in [-0.3, -0.25) is 4.68 Å². The van der Waals surface area contributed by atoms with Crippen molar-refractivity contribution in [1.29, 1.82) is 0 Å². The highest BCUT2D eigenvalue weighted by atomic mass is 15.3. The number of aromatic nitrogens is 2. The Morgan fingerprint density at radius 1 is 1.24 bits per heavy atom. The normalized spacial score (nSPS) is 12.5. The zero-order valence-electron chi connectivity index (χ0n) is 13.7. The lowest BCUT2D eigenvalue weighted by atomic mass is 10.0. The van der Waals surface area contributed by atoms with E-state index < -0.39 is 0 Å². The van der Waals surface area contributed by atoms with Crippen LogP contribution >= 0.6 is 0 Å². The molecule has 0 aliphatic heterocycles. The van der Waals surface area contributed by atoms with Crippen LogP contribution < -0.4 is 10.6 Å². The molecule has 1 heterocycles. The van der Waals surface area contributed by atoms with Crippen LogP contribution in [0.3, 0.4) is 0 Å². The maximum absolute atomic E-state index is 6.07. The molecule has 0 saturated carbocycles. The van der Waals surface area contributed by atoms with E-state index in [-0.39, 0.29) is 6.04 Å². The Kier molecular flexibility index (Phi) is 4.68. The monoisotopic (exact) mass is 286 g/mol. The fourth-order valence-electron chi connectivity index (χ4n) is 2.93. The van der Waals surface area contributed by atoms with Crippen LogP contribution in [0.5, 0.6) is 0 Å². The molecule has 114 valence electrons. The molecule has 1 aromatic carbocycles. The summed E-state index contributed by atoms with van der Waals surface area (Å²) in [7, 11) is 4.07. The van der Waals surface area contributed by atoms with E-state index in [0.717, 1.165) is 12.1 Å². The van der Waals surface area contributed by atoms with Gasteiger partial charge in [0, 0.05) is 38.1 Å². The average molecular weight is 286 g/mol. The highest BCUT2D eigenvalue weighted by molar-refractivity contribution is 5.52. The van der Waals surface area contributed by atoms with Crippen molar-refractivity contribution in [1.82, 2.24) is 9.78 Å². The Hall–Kier alpha value is -1.81. The first kappa shape index (κ1) is 15.6. The number of aryl methyl sites for hydroxylation is 4. The molecule has 0 fully saturated rings. The smallest absolute Gasteiger partial charge is 0.0695 e.